The Morgan fingerprint density at radius 2 is 1.88 bits per heavy atom. The fraction of sp³-hybridized carbons (Fsp3) is 0.600. The molecule has 1 fully saturated rings. The van der Waals surface area contributed by atoms with Crippen LogP contribution in [-0.2, 0) is 20.9 Å². The number of esters is 1. The first-order valence-corrected chi connectivity index (χ1v) is 8.92. The van der Waals surface area contributed by atoms with E-state index in [1.54, 1.807) is 4.90 Å². The van der Waals surface area contributed by atoms with E-state index >= 15 is 0 Å². The first-order chi connectivity index (χ1) is 11.7. The van der Waals surface area contributed by atoms with Gasteiger partial charge >= 0.3 is 12.1 Å². The van der Waals surface area contributed by atoms with Crippen molar-refractivity contribution in [2.45, 2.75) is 52.7 Å². The predicted octanol–water partition coefficient (Wildman–Crippen LogP) is 4.01. The van der Waals surface area contributed by atoms with Crippen LogP contribution in [0, 0.1) is 11.8 Å². The molecular formula is C20H29NO4. The Kier molecular flexibility index (Phi) is 6.45. The van der Waals surface area contributed by atoms with Gasteiger partial charge in [0, 0.05) is 19.5 Å². The number of carbonyl (C=O) groups is 2. The first kappa shape index (κ1) is 19.3. The van der Waals surface area contributed by atoms with E-state index in [-0.39, 0.29) is 30.5 Å². The molecule has 1 aromatic rings. The maximum absolute atomic E-state index is 12.2. The number of likely N-dealkylation sites (tertiary alicyclic amines) is 1. The average molecular weight is 347 g/mol. The quantitative estimate of drug-likeness (QED) is 0.772. The second-order valence-electron chi connectivity index (χ2n) is 7.80. The lowest BCUT2D eigenvalue weighted by atomic mass is 9.84. The zero-order chi connectivity index (χ0) is 18.4. The normalized spacial score (nSPS) is 20.9. The molecule has 25 heavy (non-hydrogen) atoms. The van der Waals surface area contributed by atoms with Gasteiger partial charge in [0.05, 0.1) is 0 Å². The van der Waals surface area contributed by atoms with Gasteiger partial charge in [-0.15, -0.1) is 0 Å². The van der Waals surface area contributed by atoms with Crippen molar-refractivity contribution in [2.75, 3.05) is 13.1 Å². The summed E-state index contributed by atoms with van der Waals surface area (Å²) in [6.07, 6.45) is 0.915. The average Bonchev–Trinajstić information content (AvgIpc) is 2.53. The molecule has 0 radical (unpaired) electrons. The minimum absolute atomic E-state index is 0.163. The molecule has 138 valence electrons. The van der Waals surface area contributed by atoms with Gasteiger partial charge in [0.15, 0.2) is 0 Å². The van der Waals surface area contributed by atoms with E-state index in [0.717, 1.165) is 12.0 Å². The zero-order valence-electron chi connectivity index (χ0n) is 15.7. The first-order valence-electron chi connectivity index (χ1n) is 8.92. The molecule has 5 heteroatoms. The van der Waals surface area contributed by atoms with Crippen molar-refractivity contribution in [1.29, 1.82) is 0 Å². The molecule has 2 atom stereocenters. The minimum Gasteiger partial charge on any atom is -0.460 e. The third-order valence-corrected chi connectivity index (χ3v) is 4.40. The van der Waals surface area contributed by atoms with E-state index in [1.165, 1.54) is 0 Å². The van der Waals surface area contributed by atoms with Crippen molar-refractivity contribution in [1.82, 2.24) is 4.90 Å². The van der Waals surface area contributed by atoms with Crippen LogP contribution in [0.15, 0.2) is 30.3 Å². The van der Waals surface area contributed by atoms with E-state index in [2.05, 4.69) is 6.92 Å². The maximum atomic E-state index is 12.2. The van der Waals surface area contributed by atoms with E-state index in [9.17, 15) is 9.59 Å². The molecule has 1 aromatic carbocycles. The molecule has 1 heterocycles. The Bertz CT molecular complexity index is 579. The highest BCUT2D eigenvalue weighted by Gasteiger charge is 2.32. The SMILES string of the molecule is C[C@H]1CN(C(=O)OCc2ccccc2)CC[C@@H]1CC(=O)OC(C)(C)C. The number of benzene rings is 1. The number of nitrogens with zero attached hydrogens (tertiary/aromatic N) is 1. The molecule has 2 rings (SSSR count). The largest absolute Gasteiger partial charge is 0.460 e. The van der Waals surface area contributed by atoms with E-state index in [0.29, 0.717) is 19.5 Å². The van der Waals surface area contributed by atoms with Crippen molar-refractivity contribution >= 4 is 12.1 Å². The molecular weight excluding hydrogens is 318 g/mol. The van der Waals surface area contributed by atoms with Crippen LogP contribution in [0.2, 0.25) is 0 Å². The fourth-order valence-electron chi connectivity index (χ4n) is 3.07. The summed E-state index contributed by atoms with van der Waals surface area (Å²) in [6, 6.07) is 9.65. The zero-order valence-corrected chi connectivity index (χ0v) is 15.7. The molecule has 0 spiro atoms. The van der Waals surface area contributed by atoms with Crippen LogP contribution in [0.4, 0.5) is 4.79 Å². The van der Waals surface area contributed by atoms with Crippen LogP contribution in [0.25, 0.3) is 0 Å². The molecule has 1 saturated heterocycles. The summed E-state index contributed by atoms with van der Waals surface area (Å²) >= 11 is 0. The number of piperidine rings is 1. The number of hydrogen-bond donors (Lipinski definition) is 0. The molecule has 0 saturated carbocycles. The van der Waals surface area contributed by atoms with E-state index in [4.69, 9.17) is 9.47 Å². The van der Waals surface area contributed by atoms with Gasteiger partial charge in [-0.2, -0.15) is 0 Å². The lowest BCUT2D eigenvalue weighted by molar-refractivity contribution is -0.156. The van der Waals surface area contributed by atoms with Crippen molar-refractivity contribution < 1.29 is 19.1 Å². The van der Waals surface area contributed by atoms with Gasteiger partial charge in [-0.05, 0) is 44.6 Å². The van der Waals surface area contributed by atoms with Gasteiger partial charge in [0.1, 0.15) is 12.2 Å². The standard InChI is InChI=1S/C20H29NO4/c1-15-13-21(19(23)24-14-16-8-6-5-7-9-16)11-10-17(15)12-18(22)25-20(2,3)4/h5-9,15,17H,10-14H2,1-4H3/t15-,17+/m0/s1. The van der Waals surface area contributed by atoms with Crippen molar-refractivity contribution in [3.8, 4) is 0 Å². The van der Waals surface area contributed by atoms with Crippen LogP contribution in [-0.4, -0.2) is 35.7 Å². The Labute approximate surface area is 150 Å². The predicted molar refractivity (Wildman–Crippen MR) is 95.9 cm³/mol. The third kappa shape index (κ3) is 6.40. The summed E-state index contributed by atoms with van der Waals surface area (Å²) in [5, 5.41) is 0. The fourth-order valence-corrected chi connectivity index (χ4v) is 3.07. The highest BCUT2D eigenvalue weighted by Crippen LogP contribution is 2.27. The summed E-state index contributed by atoms with van der Waals surface area (Å²) in [5.74, 6) is 0.322. The Morgan fingerprint density at radius 3 is 2.48 bits per heavy atom. The summed E-state index contributed by atoms with van der Waals surface area (Å²) in [7, 11) is 0. The van der Waals surface area contributed by atoms with E-state index < -0.39 is 5.60 Å². The molecule has 0 N–H and O–H groups in total. The monoisotopic (exact) mass is 347 g/mol. The Balaban J connectivity index is 1.78. The molecule has 0 aromatic heterocycles. The summed E-state index contributed by atoms with van der Waals surface area (Å²) in [4.78, 5) is 26.0. The highest BCUT2D eigenvalue weighted by molar-refractivity contribution is 5.70. The van der Waals surface area contributed by atoms with Gasteiger partial charge < -0.3 is 14.4 Å². The highest BCUT2D eigenvalue weighted by atomic mass is 16.6. The number of ether oxygens (including phenoxy) is 2. The van der Waals surface area contributed by atoms with Crippen molar-refractivity contribution in [3.05, 3.63) is 35.9 Å². The number of amides is 1. The van der Waals surface area contributed by atoms with Crippen LogP contribution in [0.1, 0.15) is 46.1 Å². The maximum Gasteiger partial charge on any atom is 0.410 e. The Hall–Kier alpha value is -2.04. The summed E-state index contributed by atoms with van der Waals surface area (Å²) in [6.45, 7) is 9.21. The third-order valence-electron chi connectivity index (χ3n) is 4.40. The smallest absolute Gasteiger partial charge is 0.410 e. The lowest BCUT2D eigenvalue weighted by Crippen LogP contribution is -2.43. The van der Waals surface area contributed by atoms with Gasteiger partial charge in [0.25, 0.3) is 0 Å². The van der Waals surface area contributed by atoms with E-state index in [1.807, 2.05) is 51.1 Å². The summed E-state index contributed by atoms with van der Waals surface area (Å²) in [5.41, 5.74) is 0.520. The Morgan fingerprint density at radius 1 is 1.20 bits per heavy atom. The second kappa shape index (κ2) is 8.37. The second-order valence-corrected chi connectivity index (χ2v) is 7.80. The topological polar surface area (TPSA) is 55.8 Å². The van der Waals surface area contributed by atoms with Crippen LogP contribution >= 0.6 is 0 Å². The molecule has 1 aliphatic heterocycles. The molecule has 1 aliphatic rings. The summed E-state index contributed by atoms with van der Waals surface area (Å²) < 4.78 is 10.8. The van der Waals surface area contributed by atoms with Crippen LogP contribution in [0.3, 0.4) is 0 Å². The van der Waals surface area contributed by atoms with Gasteiger partial charge in [-0.25, -0.2) is 4.79 Å². The van der Waals surface area contributed by atoms with Crippen LogP contribution in [0.5, 0.6) is 0 Å². The van der Waals surface area contributed by atoms with Crippen LogP contribution < -0.4 is 0 Å². The number of hydrogen-bond acceptors (Lipinski definition) is 4. The number of carbonyl (C=O) groups excluding carboxylic acids is 2. The molecule has 1 amide bonds. The minimum atomic E-state index is -0.456. The van der Waals surface area contributed by atoms with Gasteiger partial charge in [0.2, 0.25) is 0 Å². The van der Waals surface area contributed by atoms with Crippen molar-refractivity contribution in [2.24, 2.45) is 11.8 Å². The molecule has 0 bridgehead atoms. The van der Waals surface area contributed by atoms with Crippen molar-refractivity contribution in [3.63, 3.8) is 0 Å². The molecule has 0 aliphatic carbocycles. The molecule has 0 unspecified atom stereocenters. The lowest BCUT2D eigenvalue weighted by Gasteiger charge is -2.36. The van der Waals surface area contributed by atoms with Gasteiger partial charge in [-0.3, -0.25) is 4.79 Å². The molecule has 5 nitrogen and oxygen atoms in total. The van der Waals surface area contributed by atoms with Gasteiger partial charge in [-0.1, -0.05) is 37.3 Å². The number of rotatable bonds is 4.